The average molecular weight is 251 g/mol. The highest BCUT2D eigenvalue weighted by atomic mass is 35.5. The van der Waals surface area contributed by atoms with Gasteiger partial charge in [0.1, 0.15) is 0 Å². The van der Waals surface area contributed by atoms with Crippen LogP contribution < -0.4 is 0 Å². The van der Waals surface area contributed by atoms with Crippen LogP contribution in [0.25, 0.3) is 0 Å². The lowest BCUT2D eigenvalue weighted by atomic mass is 10.0. The van der Waals surface area contributed by atoms with Crippen LogP contribution in [0, 0.1) is 0 Å². The highest BCUT2D eigenvalue weighted by Crippen LogP contribution is 2.27. The van der Waals surface area contributed by atoms with Crippen LogP contribution >= 0.6 is 23.2 Å². The Morgan fingerprint density at radius 1 is 0.875 bits per heavy atom. The zero-order chi connectivity index (χ0) is 11.4. The number of hydrogen-bond acceptors (Lipinski definition) is 0. The molecule has 0 N–H and O–H groups in total. The molecule has 0 aliphatic heterocycles. The summed E-state index contributed by atoms with van der Waals surface area (Å²) in [5.74, 6) is 0. The molecule has 2 aromatic carbocycles. The minimum absolute atomic E-state index is 0.0268. The number of hydrogen-bond donors (Lipinski definition) is 0. The Morgan fingerprint density at radius 2 is 1.50 bits per heavy atom. The quantitative estimate of drug-likeness (QED) is 0.683. The SMILES string of the molecule is Clc1ccccc1CC(Cl)c1ccccc1. The van der Waals surface area contributed by atoms with E-state index in [4.69, 9.17) is 23.2 Å². The average Bonchev–Trinajstić information content (AvgIpc) is 2.33. The number of halogens is 2. The molecule has 0 nitrogen and oxygen atoms in total. The summed E-state index contributed by atoms with van der Waals surface area (Å²) in [6.45, 7) is 0. The summed E-state index contributed by atoms with van der Waals surface area (Å²) in [5, 5.41) is 0.755. The molecule has 0 aliphatic rings. The van der Waals surface area contributed by atoms with Crippen LogP contribution in [0.1, 0.15) is 16.5 Å². The van der Waals surface area contributed by atoms with Gasteiger partial charge in [-0.25, -0.2) is 0 Å². The van der Waals surface area contributed by atoms with Crippen LogP contribution in [-0.2, 0) is 6.42 Å². The van der Waals surface area contributed by atoms with Crippen molar-refractivity contribution >= 4 is 23.2 Å². The van der Waals surface area contributed by atoms with Gasteiger partial charge in [-0.05, 0) is 23.6 Å². The molecule has 0 radical (unpaired) electrons. The highest BCUT2D eigenvalue weighted by molar-refractivity contribution is 6.31. The van der Waals surface area contributed by atoms with E-state index in [9.17, 15) is 0 Å². The van der Waals surface area contributed by atoms with Crippen LogP contribution in [-0.4, -0.2) is 0 Å². The van der Waals surface area contributed by atoms with Crippen molar-refractivity contribution in [3.05, 3.63) is 70.7 Å². The molecule has 2 aromatic rings. The minimum atomic E-state index is -0.0268. The third kappa shape index (κ3) is 2.78. The molecule has 0 saturated heterocycles. The van der Waals surface area contributed by atoms with Gasteiger partial charge in [0.05, 0.1) is 5.38 Å². The van der Waals surface area contributed by atoms with Crippen LogP contribution in [0.15, 0.2) is 54.6 Å². The Balaban J connectivity index is 2.14. The molecule has 0 aliphatic carbocycles. The van der Waals surface area contributed by atoms with E-state index in [-0.39, 0.29) is 5.38 Å². The van der Waals surface area contributed by atoms with E-state index >= 15 is 0 Å². The zero-order valence-corrected chi connectivity index (χ0v) is 10.2. The van der Waals surface area contributed by atoms with Crippen LogP contribution in [0.2, 0.25) is 5.02 Å². The molecule has 1 unspecified atom stereocenters. The number of rotatable bonds is 3. The Kier molecular flexibility index (Phi) is 3.87. The molecule has 0 heterocycles. The van der Waals surface area contributed by atoms with E-state index in [1.54, 1.807) is 0 Å². The van der Waals surface area contributed by atoms with Crippen molar-refractivity contribution in [3.8, 4) is 0 Å². The minimum Gasteiger partial charge on any atom is -0.117 e. The van der Waals surface area contributed by atoms with E-state index in [0.29, 0.717) is 0 Å². The van der Waals surface area contributed by atoms with E-state index in [1.807, 2.05) is 54.6 Å². The Bertz CT molecular complexity index is 451. The lowest BCUT2D eigenvalue weighted by Crippen LogP contribution is -1.96. The topological polar surface area (TPSA) is 0 Å². The maximum absolute atomic E-state index is 6.35. The van der Waals surface area contributed by atoms with Crippen molar-refractivity contribution in [1.82, 2.24) is 0 Å². The standard InChI is InChI=1S/C14H12Cl2/c15-13-9-5-4-8-12(13)10-14(16)11-6-2-1-3-7-11/h1-9,14H,10H2. The van der Waals surface area contributed by atoms with Gasteiger partial charge in [-0.3, -0.25) is 0 Å². The summed E-state index contributed by atoms with van der Waals surface area (Å²) in [6.07, 6.45) is 0.755. The Hall–Kier alpha value is -0.980. The van der Waals surface area contributed by atoms with Crippen LogP contribution in [0.3, 0.4) is 0 Å². The van der Waals surface area contributed by atoms with Gasteiger partial charge < -0.3 is 0 Å². The fraction of sp³-hybridized carbons (Fsp3) is 0.143. The lowest BCUT2D eigenvalue weighted by molar-refractivity contribution is 0.920. The normalized spacial score (nSPS) is 12.4. The van der Waals surface area contributed by atoms with Gasteiger partial charge in [0.25, 0.3) is 0 Å². The second-order valence-corrected chi connectivity index (χ2v) is 4.61. The molecule has 16 heavy (non-hydrogen) atoms. The van der Waals surface area contributed by atoms with Crippen molar-refractivity contribution in [3.63, 3.8) is 0 Å². The second-order valence-electron chi connectivity index (χ2n) is 3.67. The van der Waals surface area contributed by atoms with Crippen molar-refractivity contribution in [2.24, 2.45) is 0 Å². The van der Waals surface area contributed by atoms with Gasteiger partial charge in [-0.1, -0.05) is 60.1 Å². The van der Waals surface area contributed by atoms with E-state index in [1.165, 1.54) is 0 Å². The molecule has 0 aromatic heterocycles. The predicted molar refractivity (Wildman–Crippen MR) is 70.2 cm³/mol. The van der Waals surface area contributed by atoms with Gasteiger partial charge in [-0.15, -0.1) is 11.6 Å². The van der Waals surface area contributed by atoms with Crippen LogP contribution in [0.5, 0.6) is 0 Å². The van der Waals surface area contributed by atoms with Crippen molar-refractivity contribution in [1.29, 1.82) is 0 Å². The third-order valence-corrected chi connectivity index (χ3v) is 3.29. The van der Waals surface area contributed by atoms with Gasteiger partial charge in [0.15, 0.2) is 0 Å². The predicted octanol–water partition coefficient (Wildman–Crippen LogP) is 4.86. The molecule has 0 saturated carbocycles. The fourth-order valence-electron chi connectivity index (χ4n) is 1.64. The molecule has 0 amide bonds. The maximum Gasteiger partial charge on any atom is 0.0626 e. The summed E-state index contributed by atoms with van der Waals surface area (Å²) in [4.78, 5) is 0. The third-order valence-electron chi connectivity index (χ3n) is 2.52. The molecule has 1 atom stereocenters. The van der Waals surface area contributed by atoms with E-state index < -0.39 is 0 Å². The largest absolute Gasteiger partial charge is 0.117 e. The summed E-state index contributed by atoms with van der Waals surface area (Å²) in [5.41, 5.74) is 2.22. The van der Waals surface area contributed by atoms with Gasteiger partial charge in [0, 0.05) is 5.02 Å². The molecule has 2 heteroatoms. The first kappa shape index (κ1) is 11.5. The summed E-state index contributed by atoms with van der Waals surface area (Å²) in [7, 11) is 0. The lowest BCUT2D eigenvalue weighted by Gasteiger charge is -2.10. The highest BCUT2D eigenvalue weighted by Gasteiger charge is 2.10. The Morgan fingerprint density at radius 3 is 2.19 bits per heavy atom. The molecule has 2 rings (SSSR count). The molecule has 0 spiro atoms. The maximum atomic E-state index is 6.35. The fourth-order valence-corrected chi connectivity index (χ4v) is 2.16. The number of alkyl halides is 1. The van der Waals surface area contributed by atoms with Gasteiger partial charge >= 0.3 is 0 Å². The van der Waals surface area contributed by atoms with E-state index in [0.717, 1.165) is 22.6 Å². The molecule has 82 valence electrons. The summed E-state index contributed by atoms with van der Waals surface area (Å²) < 4.78 is 0. The summed E-state index contributed by atoms with van der Waals surface area (Å²) in [6, 6.07) is 17.9. The van der Waals surface area contributed by atoms with Crippen LogP contribution in [0.4, 0.5) is 0 Å². The van der Waals surface area contributed by atoms with Crippen molar-refractivity contribution < 1.29 is 0 Å². The molecule has 0 bridgehead atoms. The monoisotopic (exact) mass is 250 g/mol. The molecular weight excluding hydrogens is 239 g/mol. The van der Waals surface area contributed by atoms with Gasteiger partial charge in [0.2, 0.25) is 0 Å². The van der Waals surface area contributed by atoms with E-state index in [2.05, 4.69) is 0 Å². The second kappa shape index (κ2) is 5.38. The number of benzene rings is 2. The summed E-state index contributed by atoms with van der Waals surface area (Å²) >= 11 is 12.5. The molecular formula is C14H12Cl2. The molecule has 0 fully saturated rings. The first-order valence-corrected chi connectivity index (χ1v) is 6.01. The first-order valence-electron chi connectivity index (χ1n) is 5.20. The van der Waals surface area contributed by atoms with Crippen molar-refractivity contribution in [2.45, 2.75) is 11.8 Å². The Labute approximate surface area is 106 Å². The van der Waals surface area contributed by atoms with Crippen molar-refractivity contribution in [2.75, 3.05) is 0 Å². The van der Waals surface area contributed by atoms with Gasteiger partial charge in [-0.2, -0.15) is 0 Å². The first-order chi connectivity index (χ1) is 7.77. The zero-order valence-electron chi connectivity index (χ0n) is 8.74. The smallest absolute Gasteiger partial charge is 0.0626 e.